The first-order valence-electron chi connectivity index (χ1n) is 9.08. The molecule has 0 saturated carbocycles. The van der Waals surface area contributed by atoms with E-state index in [1.165, 1.54) is 5.39 Å². The number of aliphatic imine (C=N–C) groups is 1. The van der Waals surface area contributed by atoms with Crippen molar-refractivity contribution in [3.05, 3.63) is 89.4 Å². The van der Waals surface area contributed by atoms with E-state index >= 15 is 0 Å². The maximum atomic E-state index is 9.91. The Hall–Kier alpha value is -3.63. The highest BCUT2D eigenvalue weighted by Gasteiger charge is 2.09. The summed E-state index contributed by atoms with van der Waals surface area (Å²) in [6, 6.07) is 24.7. The number of phenolic OH excluding ortho intramolecular Hbond substituents is 1. The van der Waals surface area contributed by atoms with Gasteiger partial charge in [0.15, 0.2) is 5.58 Å². The standard InChI is InChI=1S/C24H15ClN2O2/c25-19-7-9-22(28)18(12-19)14-26-20-8-10-23-21(13-20)27-24(29-23)17-6-5-15-3-1-2-4-16(15)11-17/h1-14,28H. The Kier molecular flexibility index (Phi) is 4.26. The molecule has 0 unspecified atom stereocenters. The van der Waals surface area contributed by atoms with Crippen LogP contribution in [0.15, 0.2) is 88.3 Å². The number of benzene rings is 4. The molecule has 1 aromatic heterocycles. The zero-order valence-corrected chi connectivity index (χ0v) is 16.0. The number of nitrogens with zero attached hydrogens (tertiary/aromatic N) is 2. The van der Waals surface area contributed by atoms with Crippen LogP contribution in [0, 0.1) is 0 Å². The largest absolute Gasteiger partial charge is 0.507 e. The zero-order chi connectivity index (χ0) is 19.8. The van der Waals surface area contributed by atoms with Gasteiger partial charge in [-0.3, -0.25) is 4.99 Å². The first kappa shape index (κ1) is 17.5. The van der Waals surface area contributed by atoms with Crippen molar-refractivity contribution in [3.8, 4) is 17.2 Å². The van der Waals surface area contributed by atoms with Crippen molar-refractivity contribution in [2.75, 3.05) is 0 Å². The highest BCUT2D eigenvalue weighted by molar-refractivity contribution is 6.30. The molecule has 0 bridgehead atoms. The van der Waals surface area contributed by atoms with Crippen molar-refractivity contribution in [1.82, 2.24) is 4.98 Å². The number of phenols is 1. The van der Waals surface area contributed by atoms with E-state index in [0.717, 1.165) is 16.5 Å². The molecule has 0 aliphatic heterocycles. The van der Waals surface area contributed by atoms with Crippen molar-refractivity contribution in [3.63, 3.8) is 0 Å². The molecule has 4 nitrogen and oxygen atoms in total. The van der Waals surface area contributed by atoms with Gasteiger partial charge in [-0.15, -0.1) is 0 Å². The molecule has 29 heavy (non-hydrogen) atoms. The molecular weight excluding hydrogens is 384 g/mol. The van der Waals surface area contributed by atoms with E-state index in [9.17, 15) is 5.11 Å². The molecule has 5 heteroatoms. The quantitative estimate of drug-likeness (QED) is 0.341. The highest BCUT2D eigenvalue weighted by Crippen LogP contribution is 2.29. The number of hydrogen-bond donors (Lipinski definition) is 1. The monoisotopic (exact) mass is 398 g/mol. The number of aromatic hydroxyl groups is 1. The number of hydrogen-bond acceptors (Lipinski definition) is 4. The molecule has 0 fully saturated rings. The van der Waals surface area contributed by atoms with E-state index < -0.39 is 0 Å². The summed E-state index contributed by atoms with van der Waals surface area (Å²) in [7, 11) is 0. The second-order valence-electron chi connectivity index (χ2n) is 6.69. The molecule has 140 valence electrons. The van der Waals surface area contributed by atoms with E-state index in [2.05, 4.69) is 34.2 Å². The summed E-state index contributed by atoms with van der Waals surface area (Å²) in [6.45, 7) is 0. The Balaban J connectivity index is 1.49. The maximum Gasteiger partial charge on any atom is 0.227 e. The number of fused-ring (bicyclic) bond motifs is 2. The third kappa shape index (κ3) is 3.46. The van der Waals surface area contributed by atoms with E-state index in [4.69, 9.17) is 16.0 Å². The summed E-state index contributed by atoms with van der Waals surface area (Å²) in [5, 5.41) is 12.8. The highest BCUT2D eigenvalue weighted by atomic mass is 35.5. The predicted octanol–water partition coefficient (Wildman–Crippen LogP) is 6.76. The van der Waals surface area contributed by atoms with Crippen molar-refractivity contribution in [2.45, 2.75) is 0 Å². The third-order valence-electron chi connectivity index (χ3n) is 4.71. The average molecular weight is 399 g/mol. The average Bonchev–Trinajstić information content (AvgIpc) is 3.17. The van der Waals surface area contributed by atoms with Gasteiger partial charge in [-0.25, -0.2) is 4.98 Å². The lowest BCUT2D eigenvalue weighted by molar-refractivity contribution is 0.474. The lowest BCUT2D eigenvalue weighted by atomic mass is 10.1. The molecule has 0 atom stereocenters. The van der Waals surface area contributed by atoms with Gasteiger partial charge in [0.25, 0.3) is 0 Å². The van der Waals surface area contributed by atoms with Gasteiger partial charge in [-0.05, 0) is 59.3 Å². The first-order valence-corrected chi connectivity index (χ1v) is 9.46. The lowest BCUT2D eigenvalue weighted by Crippen LogP contribution is -1.82. The fourth-order valence-corrected chi connectivity index (χ4v) is 3.40. The van der Waals surface area contributed by atoms with Crippen LogP contribution in [0.1, 0.15) is 5.56 Å². The smallest absolute Gasteiger partial charge is 0.227 e. The molecular formula is C24H15ClN2O2. The van der Waals surface area contributed by atoms with Gasteiger partial charge in [-0.1, -0.05) is 41.9 Å². The maximum absolute atomic E-state index is 9.91. The van der Waals surface area contributed by atoms with Crippen LogP contribution in [0.25, 0.3) is 33.3 Å². The third-order valence-corrected chi connectivity index (χ3v) is 4.94. The van der Waals surface area contributed by atoms with Crippen LogP contribution < -0.4 is 0 Å². The fraction of sp³-hybridized carbons (Fsp3) is 0. The molecule has 4 aromatic carbocycles. The predicted molar refractivity (Wildman–Crippen MR) is 117 cm³/mol. The topological polar surface area (TPSA) is 58.6 Å². The van der Waals surface area contributed by atoms with Crippen LogP contribution in [-0.2, 0) is 0 Å². The van der Waals surface area contributed by atoms with E-state index in [-0.39, 0.29) is 5.75 Å². The number of aromatic nitrogens is 1. The molecule has 5 rings (SSSR count). The van der Waals surface area contributed by atoms with Gasteiger partial charge >= 0.3 is 0 Å². The summed E-state index contributed by atoms with van der Waals surface area (Å²) in [4.78, 5) is 9.05. The summed E-state index contributed by atoms with van der Waals surface area (Å²) >= 11 is 5.98. The van der Waals surface area contributed by atoms with E-state index in [0.29, 0.717) is 27.7 Å². The second kappa shape index (κ2) is 7.08. The van der Waals surface area contributed by atoms with Crippen LogP contribution in [0.4, 0.5) is 5.69 Å². The number of rotatable bonds is 3. The van der Waals surface area contributed by atoms with Gasteiger partial charge in [0.05, 0.1) is 5.69 Å². The van der Waals surface area contributed by atoms with Crippen LogP contribution in [0.3, 0.4) is 0 Å². The van der Waals surface area contributed by atoms with E-state index in [1.54, 1.807) is 24.4 Å². The fourth-order valence-electron chi connectivity index (χ4n) is 3.21. The van der Waals surface area contributed by atoms with Crippen LogP contribution in [-0.4, -0.2) is 16.3 Å². The molecule has 5 aromatic rings. The summed E-state index contributed by atoms with van der Waals surface area (Å²) in [5.41, 5.74) is 3.59. The zero-order valence-electron chi connectivity index (χ0n) is 15.2. The minimum atomic E-state index is 0.124. The molecule has 1 N–H and O–H groups in total. The Morgan fingerprint density at radius 3 is 2.66 bits per heavy atom. The minimum Gasteiger partial charge on any atom is -0.507 e. The van der Waals surface area contributed by atoms with Crippen LogP contribution in [0.2, 0.25) is 5.02 Å². The molecule has 0 aliphatic rings. The molecule has 0 radical (unpaired) electrons. The normalized spacial score (nSPS) is 11.6. The molecule has 1 heterocycles. The Morgan fingerprint density at radius 1 is 0.897 bits per heavy atom. The molecule has 0 amide bonds. The summed E-state index contributed by atoms with van der Waals surface area (Å²) in [5.74, 6) is 0.693. The first-order chi connectivity index (χ1) is 14.2. The number of halogens is 1. The molecule has 0 aliphatic carbocycles. The Bertz CT molecular complexity index is 1390. The van der Waals surface area contributed by atoms with Gasteiger partial charge in [0, 0.05) is 22.4 Å². The Morgan fingerprint density at radius 2 is 1.76 bits per heavy atom. The SMILES string of the molecule is Oc1ccc(Cl)cc1C=Nc1ccc2oc(-c3ccc4ccccc4c3)nc2c1. The van der Waals surface area contributed by atoms with Gasteiger partial charge in [0.1, 0.15) is 11.3 Å². The lowest BCUT2D eigenvalue weighted by Gasteiger charge is -1.99. The van der Waals surface area contributed by atoms with Crippen LogP contribution in [0.5, 0.6) is 5.75 Å². The summed E-state index contributed by atoms with van der Waals surface area (Å²) in [6.07, 6.45) is 1.58. The van der Waals surface area contributed by atoms with Crippen molar-refractivity contribution < 1.29 is 9.52 Å². The van der Waals surface area contributed by atoms with Crippen molar-refractivity contribution >= 4 is 45.4 Å². The Labute approximate surface area is 171 Å². The van der Waals surface area contributed by atoms with E-state index in [1.807, 2.05) is 36.4 Å². The summed E-state index contributed by atoms with van der Waals surface area (Å²) < 4.78 is 5.94. The second-order valence-corrected chi connectivity index (χ2v) is 7.13. The van der Waals surface area contributed by atoms with Crippen molar-refractivity contribution in [1.29, 1.82) is 0 Å². The molecule has 0 saturated heterocycles. The molecule has 0 spiro atoms. The van der Waals surface area contributed by atoms with Crippen molar-refractivity contribution in [2.24, 2.45) is 4.99 Å². The van der Waals surface area contributed by atoms with Gasteiger partial charge in [-0.2, -0.15) is 0 Å². The van der Waals surface area contributed by atoms with Crippen LogP contribution >= 0.6 is 11.6 Å². The minimum absolute atomic E-state index is 0.124. The van der Waals surface area contributed by atoms with Gasteiger partial charge < -0.3 is 9.52 Å². The van der Waals surface area contributed by atoms with Gasteiger partial charge in [0.2, 0.25) is 5.89 Å². The number of oxazole rings is 1.